The summed E-state index contributed by atoms with van der Waals surface area (Å²) in [5, 5.41) is 3.36. The Balaban J connectivity index is 2.76. The number of hydrogen-bond acceptors (Lipinski definition) is 1. The molecule has 0 spiro atoms. The first-order chi connectivity index (χ1) is 7.02. The van der Waals surface area contributed by atoms with Crippen LogP contribution in [0.1, 0.15) is 13.3 Å². The Kier molecular flexibility index (Phi) is 5.09. The summed E-state index contributed by atoms with van der Waals surface area (Å²) in [6, 6.07) is 5.28. The molecule has 0 aliphatic carbocycles. The zero-order chi connectivity index (χ0) is 11.4. The molecule has 1 atom stereocenters. The van der Waals surface area contributed by atoms with Crippen LogP contribution >= 0.6 is 43.5 Å². The molecule has 0 saturated carbocycles. The van der Waals surface area contributed by atoms with Crippen molar-refractivity contribution in [1.29, 1.82) is 0 Å². The lowest BCUT2D eigenvalue weighted by Crippen LogP contribution is -2.21. The molecule has 15 heavy (non-hydrogen) atoms. The smallest absolute Gasteiger partial charge is 0.238 e. The monoisotopic (exact) mass is 353 g/mol. The molecular weight excluding hydrogens is 345 g/mol. The van der Waals surface area contributed by atoms with Gasteiger partial charge in [0, 0.05) is 15.2 Å². The Morgan fingerprint density at radius 1 is 1.53 bits per heavy atom. The van der Waals surface area contributed by atoms with E-state index in [-0.39, 0.29) is 10.7 Å². The van der Waals surface area contributed by atoms with E-state index in [0.717, 1.165) is 10.9 Å². The second-order valence-electron chi connectivity index (χ2n) is 3.02. The summed E-state index contributed by atoms with van der Waals surface area (Å²) in [7, 11) is 0. The molecule has 0 saturated heterocycles. The van der Waals surface area contributed by atoms with Crippen molar-refractivity contribution in [3.05, 3.63) is 27.7 Å². The molecule has 0 fully saturated rings. The first-order valence-electron chi connectivity index (χ1n) is 4.44. The van der Waals surface area contributed by atoms with E-state index in [1.165, 1.54) is 0 Å². The highest BCUT2D eigenvalue weighted by atomic mass is 79.9. The Bertz CT molecular complexity index is 350. The predicted molar refractivity (Wildman–Crippen MR) is 70.8 cm³/mol. The van der Waals surface area contributed by atoms with Gasteiger partial charge in [0.15, 0.2) is 0 Å². The van der Waals surface area contributed by atoms with Crippen molar-refractivity contribution in [2.45, 2.75) is 18.2 Å². The van der Waals surface area contributed by atoms with E-state index in [1.54, 1.807) is 18.2 Å². The molecule has 5 heteroatoms. The van der Waals surface area contributed by atoms with Crippen molar-refractivity contribution in [2.24, 2.45) is 0 Å². The van der Waals surface area contributed by atoms with Crippen LogP contribution in [0.15, 0.2) is 22.7 Å². The summed E-state index contributed by atoms with van der Waals surface area (Å²) in [4.78, 5) is 11.4. The fraction of sp³-hybridized carbons (Fsp3) is 0.300. The third-order valence-corrected chi connectivity index (χ3v) is 3.51. The maximum atomic E-state index is 11.5. The predicted octanol–water partition coefficient (Wildman–Crippen LogP) is 4.21. The van der Waals surface area contributed by atoms with Gasteiger partial charge in [-0.05, 0) is 24.6 Å². The van der Waals surface area contributed by atoms with Crippen molar-refractivity contribution < 1.29 is 4.79 Å². The molecule has 0 bridgehead atoms. The van der Waals surface area contributed by atoms with Crippen molar-refractivity contribution in [2.75, 3.05) is 5.32 Å². The van der Waals surface area contributed by atoms with Crippen LogP contribution in [0.4, 0.5) is 5.69 Å². The Morgan fingerprint density at radius 3 is 2.73 bits per heavy atom. The van der Waals surface area contributed by atoms with Gasteiger partial charge in [-0.2, -0.15) is 0 Å². The Labute approximate surface area is 111 Å². The third kappa shape index (κ3) is 4.13. The number of carbonyl (C=O) groups excluding carboxylic acids is 1. The number of hydrogen-bond donors (Lipinski definition) is 1. The molecule has 0 radical (unpaired) electrons. The van der Waals surface area contributed by atoms with Gasteiger partial charge in [-0.25, -0.2) is 0 Å². The largest absolute Gasteiger partial charge is 0.325 e. The minimum Gasteiger partial charge on any atom is -0.325 e. The van der Waals surface area contributed by atoms with E-state index >= 15 is 0 Å². The summed E-state index contributed by atoms with van der Waals surface area (Å²) < 4.78 is 0.841. The van der Waals surface area contributed by atoms with E-state index < -0.39 is 0 Å². The van der Waals surface area contributed by atoms with Gasteiger partial charge in [0.25, 0.3) is 0 Å². The van der Waals surface area contributed by atoms with E-state index in [1.807, 2.05) is 6.92 Å². The van der Waals surface area contributed by atoms with Crippen LogP contribution in [-0.4, -0.2) is 10.7 Å². The average molecular weight is 355 g/mol. The fourth-order valence-electron chi connectivity index (χ4n) is 1.03. The number of alkyl halides is 1. The first kappa shape index (κ1) is 13.0. The molecule has 1 rings (SSSR count). The summed E-state index contributed by atoms with van der Waals surface area (Å²) in [5.41, 5.74) is 0.692. The van der Waals surface area contributed by atoms with E-state index in [9.17, 15) is 4.79 Å². The number of halogens is 3. The van der Waals surface area contributed by atoms with Crippen LogP contribution in [0.5, 0.6) is 0 Å². The van der Waals surface area contributed by atoms with Gasteiger partial charge in [0.1, 0.15) is 0 Å². The van der Waals surface area contributed by atoms with Gasteiger partial charge in [0.2, 0.25) is 5.91 Å². The standard InChI is InChI=1S/C10H10Br2ClNO/c1-2-9(12)10(15)14-8-4-6(11)3-7(13)5-8/h3-5,9H,2H2,1H3,(H,14,15). The second-order valence-corrected chi connectivity index (χ2v) is 5.48. The number of anilines is 1. The molecule has 1 amide bonds. The SMILES string of the molecule is CCC(Br)C(=O)Nc1cc(Cl)cc(Br)c1. The van der Waals surface area contributed by atoms with Crippen LogP contribution in [0.2, 0.25) is 5.02 Å². The fourth-order valence-corrected chi connectivity index (χ4v) is 2.01. The first-order valence-corrected chi connectivity index (χ1v) is 6.52. The highest BCUT2D eigenvalue weighted by Crippen LogP contribution is 2.23. The van der Waals surface area contributed by atoms with Crippen molar-refractivity contribution in [1.82, 2.24) is 0 Å². The average Bonchev–Trinajstić information content (AvgIpc) is 2.14. The third-order valence-electron chi connectivity index (χ3n) is 1.77. The van der Waals surface area contributed by atoms with Crippen molar-refractivity contribution in [3.63, 3.8) is 0 Å². The summed E-state index contributed by atoms with van der Waals surface area (Å²) in [5.74, 6) is -0.0633. The number of benzene rings is 1. The summed E-state index contributed by atoms with van der Waals surface area (Å²) in [6.07, 6.45) is 0.744. The van der Waals surface area contributed by atoms with Crippen LogP contribution in [0, 0.1) is 0 Å². The molecule has 82 valence electrons. The lowest BCUT2D eigenvalue weighted by molar-refractivity contribution is -0.115. The van der Waals surface area contributed by atoms with E-state index in [2.05, 4.69) is 37.2 Å². The van der Waals surface area contributed by atoms with Crippen molar-refractivity contribution >= 4 is 55.1 Å². The Morgan fingerprint density at radius 2 is 2.20 bits per heavy atom. The molecule has 0 aromatic heterocycles. The van der Waals surface area contributed by atoms with Gasteiger partial charge in [0.05, 0.1) is 4.83 Å². The topological polar surface area (TPSA) is 29.1 Å². The minimum absolute atomic E-state index is 0.0633. The maximum Gasteiger partial charge on any atom is 0.238 e. The number of rotatable bonds is 3. The highest BCUT2D eigenvalue weighted by molar-refractivity contribution is 9.10. The van der Waals surface area contributed by atoms with Crippen LogP contribution in [-0.2, 0) is 4.79 Å². The van der Waals surface area contributed by atoms with Gasteiger partial charge >= 0.3 is 0 Å². The highest BCUT2D eigenvalue weighted by Gasteiger charge is 2.12. The molecule has 1 N–H and O–H groups in total. The quantitative estimate of drug-likeness (QED) is 0.809. The number of nitrogens with one attached hydrogen (secondary N) is 1. The molecule has 0 heterocycles. The normalized spacial score (nSPS) is 12.3. The zero-order valence-electron chi connectivity index (χ0n) is 8.06. The number of carbonyl (C=O) groups is 1. The molecular formula is C10H10Br2ClNO. The maximum absolute atomic E-state index is 11.5. The van der Waals surface area contributed by atoms with Crippen LogP contribution < -0.4 is 5.32 Å². The van der Waals surface area contributed by atoms with Gasteiger partial charge in [-0.15, -0.1) is 0 Å². The Hall–Kier alpha value is -0.0600. The lowest BCUT2D eigenvalue weighted by Gasteiger charge is -2.09. The number of amides is 1. The summed E-state index contributed by atoms with van der Waals surface area (Å²) >= 11 is 12.4. The molecule has 1 unspecified atom stereocenters. The lowest BCUT2D eigenvalue weighted by atomic mass is 10.3. The van der Waals surface area contributed by atoms with Gasteiger partial charge in [-0.1, -0.05) is 50.4 Å². The van der Waals surface area contributed by atoms with Crippen LogP contribution in [0.3, 0.4) is 0 Å². The molecule has 0 aliphatic heterocycles. The van der Waals surface area contributed by atoms with Crippen LogP contribution in [0.25, 0.3) is 0 Å². The van der Waals surface area contributed by atoms with Gasteiger partial charge < -0.3 is 5.32 Å². The molecule has 1 aromatic carbocycles. The molecule has 2 nitrogen and oxygen atoms in total. The molecule has 1 aromatic rings. The molecule has 0 aliphatic rings. The zero-order valence-corrected chi connectivity index (χ0v) is 12.0. The van der Waals surface area contributed by atoms with E-state index in [0.29, 0.717) is 10.7 Å². The van der Waals surface area contributed by atoms with E-state index in [4.69, 9.17) is 11.6 Å². The minimum atomic E-state index is -0.171. The summed E-state index contributed by atoms with van der Waals surface area (Å²) in [6.45, 7) is 1.94. The second kappa shape index (κ2) is 5.87. The van der Waals surface area contributed by atoms with Gasteiger partial charge in [-0.3, -0.25) is 4.79 Å². The van der Waals surface area contributed by atoms with Crippen molar-refractivity contribution in [3.8, 4) is 0 Å².